The van der Waals surface area contributed by atoms with Gasteiger partial charge in [0.05, 0.1) is 19.1 Å². The first-order chi connectivity index (χ1) is 19.4. The number of ether oxygens (including phenoxy) is 7. The van der Waals surface area contributed by atoms with Crippen LogP contribution in [0.25, 0.3) is 6.08 Å². The first-order valence-corrected chi connectivity index (χ1v) is 13.4. The summed E-state index contributed by atoms with van der Waals surface area (Å²) < 4.78 is 38.1. The van der Waals surface area contributed by atoms with Crippen LogP contribution in [0, 0.1) is 0 Å². The van der Waals surface area contributed by atoms with Gasteiger partial charge < -0.3 is 33.2 Å². The van der Waals surface area contributed by atoms with Gasteiger partial charge in [0.15, 0.2) is 28.9 Å². The number of hydrogen-bond donors (Lipinski definition) is 0. The first kappa shape index (κ1) is 31.8. The zero-order valence-corrected chi connectivity index (χ0v) is 24.7. The lowest BCUT2D eigenvalue weighted by atomic mass is 9.96. The molecule has 0 spiro atoms. The summed E-state index contributed by atoms with van der Waals surface area (Å²) in [6.45, 7) is 4.04. The molecule has 1 aromatic rings. The molecular formula is C26H29NO12S2. The zero-order valence-electron chi connectivity index (χ0n) is 23.1. The molecule has 13 nitrogen and oxygen atoms in total. The molecule has 0 bridgehead atoms. The summed E-state index contributed by atoms with van der Waals surface area (Å²) in [4.78, 5) is 62.8. The molecule has 1 aromatic carbocycles. The van der Waals surface area contributed by atoms with Crippen molar-refractivity contribution in [3.8, 4) is 11.5 Å². The minimum Gasteiger partial charge on any atom is -0.497 e. The molecule has 5 unspecified atom stereocenters. The molecule has 1 amide bonds. The summed E-state index contributed by atoms with van der Waals surface area (Å²) in [5.74, 6) is -2.67. The van der Waals surface area contributed by atoms with Crippen LogP contribution in [-0.2, 0) is 47.7 Å². The molecule has 5 atom stereocenters. The highest BCUT2D eigenvalue weighted by atomic mass is 32.2. The molecule has 0 aliphatic carbocycles. The van der Waals surface area contributed by atoms with Crippen molar-refractivity contribution in [3.63, 3.8) is 0 Å². The molecular weight excluding hydrogens is 582 g/mol. The Labute approximate surface area is 245 Å². The lowest BCUT2D eigenvalue weighted by Crippen LogP contribution is -2.66. The number of carbonyl (C=O) groups is 5. The fourth-order valence-electron chi connectivity index (χ4n) is 4.19. The molecule has 2 aliphatic rings. The lowest BCUT2D eigenvalue weighted by molar-refractivity contribution is -0.268. The molecule has 222 valence electrons. The summed E-state index contributed by atoms with van der Waals surface area (Å²) in [6, 6.07) is 5.03. The number of esters is 4. The maximum absolute atomic E-state index is 13.7. The highest BCUT2D eigenvalue weighted by Crippen LogP contribution is 2.40. The zero-order chi connectivity index (χ0) is 30.4. The molecule has 2 saturated heterocycles. The number of hydrogen-bond acceptors (Lipinski definition) is 14. The van der Waals surface area contributed by atoms with Crippen molar-refractivity contribution in [1.29, 1.82) is 0 Å². The average Bonchev–Trinajstić information content (AvgIpc) is 3.16. The number of nitrogens with zero attached hydrogens (tertiary/aromatic N) is 1. The van der Waals surface area contributed by atoms with Crippen molar-refractivity contribution in [3.05, 3.63) is 28.7 Å². The third-order valence-corrected chi connectivity index (χ3v) is 7.10. The van der Waals surface area contributed by atoms with Crippen molar-refractivity contribution in [2.45, 2.75) is 58.3 Å². The van der Waals surface area contributed by atoms with Crippen LogP contribution in [0.3, 0.4) is 0 Å². The largest absolute Gasteiger partial charge is 0.497 e. The van der Waals surface area contributed by atoms with Crippen LogP contribution in [0.4, 0.5) is 0 Å². The number of amides is 1. The van der Waals surface area contributed by atoms with Gasteiger partial charge in [-0.2, -0.15) is 0 Å². The second-order valence-corrected chi connectivity index (χ2v) is 10.4. The molecule has 3 rings (SSSR count). The number of methoxy groups -OCH3 is 2. The van der Waals surface area contributed by atoms with Crippen molar-refractivity contribution in [2.24, 2.45) is 0 Å². The fraction of sp³-hybridized carbons (Fsp3) is 0.462. The second kappa shape index (κ2) is 13.8. The fourth-order valence-corrected chi connectivity index (χ4v) is 5.49. The number of thiocarbonyl (C=S) groups is 1. The van der Waals surface area contributed by atoms with Crippen LogP contribution in [-0.4, -0.2) is 90.5 Å². The Balaban J connectivity index is 2.07. The van der Waals surface area contributed by atoms with Crippen LogP contribution in [0.15, 0.2) is 23.1 Å². The van der Waals surface area contributed by atoms with Crippen LogP contribution in [0.1, 0.15) is 33.3 Å². The standard InChI is InChI=1S/C26H29NO12S2/c1-12(28)35-11-19-21(36-13(2)29)22(37-14(3)30)23(38-15(4)31)25(39-19)27-24(32)20(41-26(27)40)9-16-7-8-17(33-5)10-18(16)34-6/h7-10,19,21-23,25H,11H2,1-6H3. The van der Waals surface area contributed by atoms with E-state index in [2.05, 4.69) is 0 Å². The summed E-state index contributed by atoms with van der Waals surface area (Å²) >= 11 is 6.46. The molecule has 41 heavy (non-hydrogen) atoms. The Bertz CT molecular complexity index is 1260. The van der Waals surface area contributed by atoms with Gasteiger partial charge in [0.2, 0.25) is 0 Å². The molecule has 2 heterocycles. The van der Waals surface area contributed by atoms with E-state index in [1.807, 2.05) is 0 Å². The van der Waals surface area contributed by atoms with E-state index in [1.54, 1.807) is 24.3 Å². The quantitative estimate of drug-likeness (QED) is 0.173. The van der Waals surface area contributed by atoms with E-state index in [9.17, 15) is 24.0 Å². The number of rotatable bonds is 9. The summed E-state index contributed by atoms with van der Waals surface area (Å²) in [7, 11) is 2.97. The van der Waals surface area contributed by atoms with Crippen LogP contribution >= 0.6 is 24.0 Å². The van der Waals surface area contributed by atoms with E-state index in [0.717, 1.165) is 44.4 Å². The van der Waals surface area contributed by atoms with Gasteiger partial charge in [0.25, 0.3) is 5.91 Å². The summed E-state index contributed by atoms with van der Waals surface area (Å²) in [6.07, 6.45) is -5.43. The highest BCUT2D eigenvalue weighted by Gasteiger charge is 2.56. The third-order valence-electron chi connectivity index (χ3n) is 5.77. The van der Waals surface area contributed by atoms with Gasteiger partial charge in [-0.3, -0.25) is 28.9 Å². The second-order valence-electron chi connectivity index (χ2n) is 8.75. The van der Waals surface area contributed by atoms with Crippen LogP contribution in [0.2, 0.25) is 0 Å². The van der Waals surface area contributed by atoms with Crippen molar-refractivity contribution >= 4 is 64.2 Å². The molecule has 2 fully saturated rings. The topological polar surface area (TPSA) is 153 Å². The van der Waals surface area contributed by atoms with Crippen molar-refractivity contribution < 1.29 is 57.1 Å². The summed E-state index contributed by atoms with van der Waals surface area (Å²) in [5, 5.41) is 0. The minimum atomic E-state index is -1.48. The van der Waals surface area contributed by atoms with E-state index in [-0.39, 0.29) is 9.23 Å². The SMILES string of the molecule is COc1ccc(C=C2SC(=S)N(C3OC(COC(C)=O)C(OC(C)=O)C(OC(C)=O)C3OC(C)=O)C2=O)c(OC)c1. The first-order valence-electron chi connectivity index (χ1n) is 12.2. The molecule has 2 aliphatic heterocycles. The van der Waals surface area contributed by atoms with E-state index in [0.29, 0.717) is 17.1 Å². The van der Waals surface area contributed by atoms with Gasteiger partial charge in [0, 0.05) is 39.3 Å². The lowest BCUT2D eigenvalue weighted by Gasteiger charge is -2.46. The monoisotopic (exact) mass is 611 g/mol. The average molecular weight is 612 g/mol. The van der Waals surface area contributed by atoms with Gasteiger partial charge in [-0.15, -0.1) is 0 Å². The van der Waals surface area contributed by atoms with Gasteiger partial charge in [-0.05, 0) is 18.2 Å². The van der Waals surface area contributed by atoms with E-state index in [1.165, 1.54) is 14.2 Å². The van der Waals surface area contributed by atoms with E-state index < -0.39 is 67.0 Å². The predicted octanol–water partition coefficient (Wildman–Crippen LogP) is 1.99. The van der Waals surface area contributed by atoms with Gasteiger partial charge >= 0.3 is 23.9 Å². The Kier molecular flexibility index (Phi) is 10.7. The third kappa shape index (κ3) is 7.74. The van der Waals surface area contributed by atoms with Crippen molar-refractivity contribution in [2.75, 3.05) is 20.8 Å². The molecule has 0 N–H and O–H groups in total. The maximum Gasteiger partial charge on any atom is 0.303 e. The van der Waals surface area contributed by atoms with Crippen LogP contribution in [0.5, 0.6) is 11.5 Å². The van der Waals surface area contributed by atoms with Gasteiger partial charge in [-0.25, -0.2) is 0 Å². The smallest absolute Gasteiger partial charge is 0.303 e. The maximum atomic E-state index is 13.7. The number of carbonyl (C=O) groups excluding carboxylic acids is 5. The highest BCUT2D eigenvalue weighted by molar-refractivity contribution is 8.26. The molecule has 0 saturated carbocycles. The van der Waals surface area contributed by atoms with E-state index >= 15 is 0 Å². The Morgan fingerprint density at radius 1 is 0.927 bits per heavy atom. The molecule has 0 radical (unpaired) electrons. The molecule has 0 aromatic heterocycles. The Morgan fingerprint density at radius 3 is 2.10 bits per heavy atom. The van der Waals surface area contributed by atoms with Gasteiger partial charge in [-0.1, -0.05) is 24.0 Å². The van der Waals surface area contributed by atoms with Crippen molar-refractivity contribution in [1.82, 2.24) is 4.90 Å². The Morgan fingerprint density at radius 2 is 1.54 bits per heavy atom. The minimum absolute atomic E-state index is 0.0367. The number of thioether (sulfide) groups is 1. The summed E-state index contributed by atoms with van der Waals surface area (Å²) in [5.41, 5.74) is 0.551. The van der Waals surface area contributed by atoms with E-state index in [4.69, 9.17) is 45.4 Å². The number of benzene rings is 1. The Hall–Kier alpha value is -3.69. The molecule has 15 heteroatoms. The normalized spacial score (nSPS) is 25.0. The van der Waals surface area contributed by atoms with Crippen LogP contribution < -0.4 is 9.47 Å². The predicted molar refractivity (Wildman–Crippen MR) is 147 cm³/mol. The van der Waals surface area contributed by atoms with Gasteiger partial charge in [0.1, 0.15) is 24.2 Å².